The van der Waals surface area contributed by atoms with E-state index < -0.39 is 0 Å². The van der Waals surface area contributed by atoms with E-state index in [9.17, 15) is 0 Å². The molecule has 1 aliphatic rings. The van der Waals surface area contributed by atoms with Gasteiger partial charge in [0.25, 0.3) is 0 Å². The lowest BCUT2D eigenvalue weighted by Gasteiger charge is -2.31. The van der Waals surface area contributed by atoms with Crippen LogP contribution in [0, 0.1) is 5.92 Å². The average molecular weight is 301 g/mol. The van der Waals surface area contributed by atoms with E-state index in [-0.39, 0.29) is 0 Å². The number of piperidine rings is 1. The van der Waals surface area contributed by atoms with E-state index in [2.05, 4.69) is 17.1 Å². The highest BCUT2D eigenvalue weighted by Crippen LogP contribution is 2.24. The van der Waals surface area contributed by atoms with Crippen LogP contribution in [0.15, 0.2) is 18.2 Å². The molecule has 0 spiro atoms. The van der Waals surface area contributed by atoms with Crippen molar-refractivity contribution in [2.24, 2.45) is 5.92 Å². The van der Waals surface area contributed by atoms with Gasteiger partial charge >= 0.3 is 0 Å². The zero-order chi connectivity index (χ0) is 13.7. The number of likely N-dealkylation sites (tertiary alicyclic amines) is 1. The second kappa shape index (κ2) is 7.49. The zero-order valence-electron chi connectivity index (χ0n) is 11.5. The van der Waals surface area contributed by atoms with Crippen LogP contribution < -0.4 is 5.32 Å². The second-order valence-electron chi connectivity index (χ2n) is 5.21. The van der Waals surface area contributed by atoms with E-state index in [1.165, 1.54) is 32.5 Å². The van der Waals surface area contributed by atoms with Crippen molar-refractivity contribution in [3.63, 3.8) is 0 Å². The monoisotopic (exact) mass is 300 g/mol. The van der Waals surface area contributed by atoms with Gasteiger partial charge in [0.1, 0.15) is 0 Å². The van der Waals surface area contributed by atoms with Gasteiger partial charge in [0, 0.05) is 22.2 Å². The molecule has 2 rings (SSSR count). The van der Waals surface area contributed by atoms with Crippen molar-refractivity contribution in [3.8, 4) is 0 Å². The summed E-state index contributed by atoms with van der Waals surface area (Å²) < 4.78 is 0. The molecule has 1 heterocycles. The highest BCUT2D eigenvalue weighted by atomic mass is 35.5. The third-order valence-corrected chi connectivity index (χ3v) is 4.66. The number of nitrogens with one attached hydrogen (secondary N) is 1. The quantitative estimate of drug-likeness (QED) is 0.889. The van der Waals surface area contributed by atoms with Crippen molar-refractivity contribution >= 4 is 23.2 Å². The van der Waals surface area contributed by atoms with Gasteiger partial charge in [-0.1, -0.05) is 36.2 Å². The lowest BCUT2D eigenvalue weighted by molar-refractivity contribution is 0.190. The fourth-order valence-electron chi connectivity index (χ4n) is 2.61. The molecule has 0 atom stereocenters. The van der Waals surface area contributed by atoms with Gasteiger partial charge in [0.2, 0.25) is 0 Å². The van der Waals surface area contributed by atoms with Gasteiger partial charge < -0.3 is 10.2 Å². The van der Waals surface area contributed by atoms with Gasteiger partial charge in [-0.15, -0.1) is 0 Å². The molecule has 1 aliphatic heterocycles. The first-order valence-electron chi connectivity index (χ1n) is 7.06. The Bertz CT molecular complexity index is 381. The van der Waals surface area contributed by atoms with Crippen LogP contribution in [0.1, 0.15) is 25.3 Å². The maximum Gasteiger partial charge on any atom is 0.0465 e. The minimum atomic E-state index is 0.751. The van der Waals surface area contributed by atoms with Crippen LogP contribution in [0.3, 0.4) is 0 Å². The molecule has 2 nitrogen and oxygen atoms in total. The number of benzene rings is 1. The third-order valence-electron chi connectivity index (χ3n) is 3.95. The maximum absolute atomic E-state index is 6.16. The third kappa shape index (κ3) is 4.35. The van der Waals surface area contributed by atoms with Crippen molar-refractivity contribution in [2.45, 2.75) is 26.3 Å². The number of hydrogen-bond donors (Lipinski definition) is 1. The minimum absolute atomic E-state index is 0.751. The molecular weight excluding hydrogens is 279 g/mol. The topological polar surface area (TPSA) is 15.3 Å². The standard InChI is InChI=1S/C15H22Cl2N2/c1-2-19-8-6-12(7-9-19)10-18-11-13-14(16)4-3-5-15(13)17/h3-5,12,18H,2,6-11H2,1H3. The summed E-state index contributed by atoms with van der Waals surface area (Å²) in [4.78, 5) is 2.52. The summed E-state index contributed by atoms with van der Waals surface area (Å²) in [5, 5.41) is 5.00. The van der Waals surface area contributed by atoms with Crippen molar-refractivity contribution < 1.29 is 0 Å². The molecule has 4 heteroatoms. The van der Waals surface area contributed by atoms with Gasteiger partial charge in [-0.25, -0.2) is 0 Å². The van der Waals surface area contributed by atoms with E-state index in [4.69, 9.17) is 23.2 Å². The lowest BCUT2D eigenvalue weighted by atomic mass is 9.97. The predicted octanol–water partition coefficient (Wildman–Crippen LogP) is 3.81. The Morgan fingerprint density at radius 3 is 2.42 bits per heavy atom. The molecular formula is C15H22Cl2N2. The number of nitrogens with zero attached hydrogens (tertiary/aromatic N) is 1. The van der Waals surface area contributed by atoms with Crippen molar-refractivity contribution in [1.29, 1.82) is 0 Å². The molecule has 1 N–H and O–H groups in total. The van der Waals surface area contributed by atoms with Crippen LogP contribution in [-0.2, 0) is 6.54 Å². The SMILES string of the molecule is CCN1CCC(CNCc2c(Cl)cccc2Cl)CC1. The molecule has 19 heavy (non-hydrogen) atoms. The smallest absolute Gasteiger partial charge is 0.0465 e. The summed E-state index contributed by atoms with van der Waals surface area (Å²) >= 11 is 12.3. The van der Waals surface area contributed by atoms with Gasteiger partial charge in [0.05, 0.1) is 0 Å². The molecule has 1 fully saturated rings. The zero-order valence-corrected chi connectivity index (χ0v) is 13.0. The van der Waals surface area contributed by atoms with Gasteiger partial charge in [-0.3, -0.25) is 0 Å². The Hall–Kier alpha value is -0.280. The largest absolute Gasteiger partial charge is 0.312 e. The van der Waals surface area contributed by atoms with Gasteiger partial charge in [0.15, 0.2) is 0 Å². The average Bonchev–Trinajstić information content (AvgIpc) is 2.43. The van der Waals surface area contributed by atoms with Crippen LogP contribution in [0.25, 0.3) is 0 Å². The summed E-state index contributed by atoms with van der Waals surface area (Å²) in [6, 6.07) is 5.67. The fraction of sp³-hybridized carbons (Fsp3) is 0.600. The second-order valence-corrected chi connectivity index (χ2v) is 6.02. The van der Waals surface area contributed by atoms with Crippen LogP contribution in [0.2, 0.25) is 10.0 Å². The number of rotatable bonds is 5. The first-order chi connectivity index (χ1) is 9.20. The molecule has 1 aromatic carbocycles. The first kappa shape index (κ1) is 15.1. The Morgan fingerprint density at radius 1 is 1.21 bits per heavy atom. The summed E-state index contributed by atoms with van der Waals surface area (Å²) in [5.41, 5.74) is 1.01. The molecule has 0 bridgehead atoms. The Kier molecular flexibility index (Phi) is 5.96. The van der Waals surface area contributed by atoms with E-state index >= 15 is 0 Å². The lowest BCUT2D eigenvalue weighted by Crippen LogP contribution is -2.37. The summed E-state index contributed by atoms with van der Waals surface area (Å²) in [6.45, 7) is 7.68. The van der Waals surface area contributed by atoms with Crippen molar-refractivity contribution in [3.05, 3.63) is 33.8 Å². The maximum atomic E-state index is 6.16. The summed E-state index contributed by atoms with van der Waals surface area (Å²) in [7, 11) is 0. The predicted molar refractivity (Wildman–Crippen MR) is 83.0 cm³/mol. The van der Waals surface area contributed by atoms with E-state index in [0.717, 1.165) is 34.6 Å². The number of halogens is 2. The van der Waals surface area contributed by atoms with E-state index in [1.54, 1.807) is 0 Å². The van der Waals surface area contributed by atoms with Crippen molar-refractivity contribution in [2.75, 3.05) is 26.2 Å². The molecule has 0 amide bonds. The van der Waals surface area contributed by atoms with Crippen LogP contribution in [-0.4, -0.2) is 31.1 Å². The number of hydrogen-bond acceptors (Lipinski definition) is 2. The van der Waals surface area contributed by atoms with E-state index in [0.29, 0.717) is 0 Å². The Balaban J connectivity index is 1.75. The van der Waals surface area contributed by atoms with Crippen LogP contribution in [0.5, 0.6) is 0 Å². The molecule has 0 radical (unpaired) electrons. The molecule has 0 unspecified atom stereocenters. The van der Waals surface area contributed by atoms with Crippen LogP contribution in [0.4, 0.5) is 0 Å². The molecule has 1 saturated heterocycles. The molecule has 106 valence electrons. The van der Waals surface area contributed by atoms with Gasteiger partial charge in [-0.05, 0) is 57.1 Å². The molecule has 0 aromatic heterocycles. The molecule has 0 saturated carbocycles. The highest BCUT2D eigenvalue weighted by molar-refractivity contribution is 6.35. The van der Waals surface area contributed by atoms with Crippen LogP contribution >= 0.6 is 23.2 Å². The van der Waals surface area contributed by atoms with Gasteiger partial charge in [-0.2, -0.15) is 0 Å². The van der Waals surface area contributed by atoms with E-state index in [1.807, 2.05) is 18.2 Å². The van der Waals surface area contributed by atoms with Crippen molar-refractivity contribution in [1.82, 2.24) is 10.2 Å². The normalized spacial score (nSPS) is 17.8. The molecule has 1 aromatic rings. The highest BCUT2D eigenvalue weighted by Gasteiger charge is 2.17. The molecule has 0 aliphatic carbocycles. The fourth-order valence-corrected chi connectivity index (χ4v) is 3.14. The Labute approximate surface area is 126 Å². The summed E-state index contributed by atoms with van der Waals surface area (Å²) in [5.74, 6) is 0.782. The summed E-state index contributed by atoms with van der Waals surface area (Å²) in [6.07, 6.45) is 2.58. The Morgan fingerprint density at radius 2 is 1.84 bits per heavy atom. The minimum Gasteiger partial charge on any atom is -0.312 e. The first-order valence-corrected chi connectivity index (χ1v) is 7.82.